The van der Waals surface area contributed by atoms with Crippen LogP contribution in [0.25, 0.3) is 6.08 Å². The molecule has 0 bridgehead atoms. The molecule has 0 unspecified atom stereocenters. The van der Waals surface area contributed by atoms with Gasteiger partial charge in [-0.3, -0.25) is 14.2 Å². The molecular weight excluding hydrogens is 528 g/mol. The molecule has 1 aromatic carbocycles. The van der Waals surface area contributed by atoms with E-state index in [4.69, 9.17) is 9.47 Å². The van der Waals surface area contributed by atoms with Crippen LogP contribution in [-0.4, -0.2) is 23.1 Å². The zero-order valence-corrected chi connectivity index (χ0v) is 21.2. The van der Waals surface area contributed by atoms with Crippen LogP contribution in [0.4, 0.5) is 0 Å². The van der Waals surface area contributed by atoms with E-state index in [1.54, 1.807) is 38.1 Å². The summed E-state index contributed by atoms with van der Waals surface area (Å²) in [5.74, 6) is -0.605. The highest BCUT2D eigenvalue weighted by atomic mass is 79.9. The molecular formula is C23H19BrN2O5S2. The lowest BCUT2D eigenvalue weighted by Gasteiger charge is -2.23. The van der Waals surface area contributed by atoms with Gasteiger partial charge < -0.3 is 9.47 Å². The minimum atomic E-state index is -0.627. The summed E-state index contributed by atoms with van der Waals surface area (Å²) in [5.41, 5.74) is 1.14. The largest absolute Gasteiger partial charge is 0.463 e. The molecule has 1 aliphatic heterocycles. The van der Waals surface area contributed by atoms with E-state index in [0.717, 1.165) is 9.35 Å². The average molecular weight is 547 g/mol. The van der Waals surface area contributed by atoms with Gasteiger partial charge in [-0.25, -0.2) is 9.79 Å². The molecule has 0 N–H and O–H groups in total. The third-order valence-corrected chi connectivity index (χ3v) is 7.24. The van der Waals surface area contributed by atoms with Crippen molar-refractivity contribution in [1.29, 1.82) is 0 Å². The average Bonchev–Trinajstić information content (AvgIpc) is 3.38. The molecule has 7 nitrogen and oxygen atoms in total. The molecule has 1 aliphatic rings. The topological polar surface area (TPSA) is 87.0 Å². The number of ether oxygens (including phenoxy) is 2. The molecule has 170 valence electrons. The first-order valence-corrected chi connectivity index (χ1v) is 12.5. The van der Waals surface area contributed by atoms with Crippen molar-refractivity contribution in [3.8, 4) is 5.75 Å². The minimum absolute atomic E-state index is 0.221. The standard InChI is InChI=1S/C23H19BrN2O5S2/c1-4-30-22(29)19-12(2)25-23-26(20(19)17-6-5-9-32-17)21(28)18(33-23)11-14-10-15(24)7-8-16(14)31-13(3)27/h5-11,20H,4H2,1-3H3/b18-11-/t20-/m1/s1. The fourth-order valence-electron chi connectivity index (χ4n) is 3.53. The molecule has 0 saturated heterocycles. The Morgan fingerprint density at radius 2 is 2.09 bits per heavy atom. The zero-order valence-electron chi connectivity index (χ0n) is 18.0. The van der Waals surface area contributed by atoms with Gasteiger partial charge in [-0.2, -0.15) is 0 Å². The maximum atomic E-state index is 13.6. The number of hydrogen-bond acceptors (Lipinski definition) is 8. The first-order valence-electron chi connectivity index (χ1n) is 10.0. The fraction of sp³-hybridized carbons (Fsp3) is 0.217. The third kappa shape index (κ3) is 4.64. The Labute approximate surface area is 205 Å². The normalized spacial score (nSPS) is 15.8. The Hall–Kier alpha value is -2.82. The van der Waals surface area contributed by atoms with Crippen molar-refractivity contribution in [2.24, 2.45) is 4.99 Å². The number of carbonyl (C=O) groups excluding carboxylic acids is 2. The number of aromatic nitrogens is 1. The second-order valence-corrected chi connectivity index (χ2v) is 10.00. The molecule has 0 radical (unpaired) electrons. The summed E-state index contributed by atoms with van der Waals surface area (Å²) in [5, 5.41) is 1.90. The lowest BCUT2D eigenvalue weighted by Crippen LogP contribution is -2.39. The van der Waals surface area contributed by atoms with Crippen molar-refractivity contribution in [1.82, 2.24) is 4.57 Å². The predicted molar refractivity (Wildman–Crippen MR) is 130 cm³/mol. The maximum absolute atomic E-state index is 13.6. The Morgan fingerprint density at radius 1 is 1.30 bits per heavy atom. The molecule has 3 aromatic rings. The number of thiazole rings is 1. The molecule has 2 aromatic heterocycles. The minimum Gasteiger partial charge on any atom is -0.463 e. The first kappa shape index (κ1) is 23.3. The summed E-state index contributed by atoms with van der Waals surface area (Å²) in [7, 11) is 0. The molecule has 10 heteroatoms. The van der Waals surface area contributed by atoms with Gasteiger partial charge in [0.2, 0.25) is 0 Å². The number of thiophene rings is 1. The van der Waals surface area contributed by atoms with E-state index in [-0.39, 0.29) is 12.2 Å². The van der Waals surface area contributed by atoms with Crippen molar-refractivity contribution in [3.05, 3.63) is 81.6 Å². The highest BCUT2D eigenvalue weighted by Crippen LogP contribution is 2.33. The van der Waals surface area contributed by atoms with E-state index in [1.165, 1.54) is 34.2 Å². The summed E-state index contributed by atoms with van der Waals surface area (Å²) in [4.78, 5) is 43.8. The van der Waals surface area contributed by atoms with Crippen LogP contribution >= 0.6 is 38.6 Å². The van der Waals surface area contributed by atoms with Crippen LogP contribution in [0.15, 0.2) is 61.2 Å². The molecule has 0 spiro atoms. The second-order valence-electron chi connectivity index (χ2n) is 7.09. The second kappa shape index (κ2) is 9.58. The Balaban J connectivity index is 1.94. The number of hydrogen-bond donors (Lipinski definition) is 0. The van der Waals surface area contributed by atoms with Crippen LogP contribution in [0.2, 0.25) is 0 Å². The number of rotatable bonds is 5. The zero-order chi connectivity index (χ0) is 23.7. The van der Waals surface area contributed by atoms with E-state index in [2.05, 4.69) is 20.9 Å². The first-order chi connectivity index (χ1) is 15.8. The number of nitrogens with zero attached hydrogens (tertiary/aromatic N) is 2. The van der Waals surface area contributed by atoms with Crippen molar-refractivity contribution >= 4 is 56.6 Å². The van der Waals surface area contributed by atoms with Gasteiger partial charge in [0.1, 0.15) is 11.8 Å². The lowest BCUT2D eigenvalue weighted by molar-refractivity contribution is -0.139. The van der Waals surface area contributed by atoms with E-state index < -0.39 is 18.0 Å². The van der Waals surface area contributed by atoms with E-state index >= 15 is 0 Å². The van der Waals surface area contributed by atoms with Crippen LogP contribution < -0.4 is 19.6 Å². The van der Waals surface area contributed by atoms with E-state index in [1.807, 2.05) is 17.5 Å². The maximum Gasteiger partial charge on any atom is 0.338 e. The van der Waals surface area contributed by atoms with Crippen molar-refractivity contribution < 1.29 is 19.1 Å². The molecule has 0 aliphatic carbocycles. The summed E-state index contributed by atoms with van der Waals surface area (Å²) in [6.45, 7) is 5.03. The molecule has 0 amide bonds. The van der Waals surface area contributed by atoms with Crippen LogP contribution in [0, 0.1) is 0 Å². The monoisotopic (exact) mass is 546 g/mol. The highest BCUT2D eigenvalue weighted by Gasteiger charge is 2.33. The molecule has 33 heavy (non-hydrogen) atoms. The van der Waals surface area contributed by atoms with Crippen LogP contribution in [0.3, 0.4) is 0 Å². The Kier molecular flexibility index (Phi) is 6.78. The molecule has 4 rings (SSSR count). The number of fused-ring (bicyclic) bond motifs is 1. The van der Waals surface area contributed by atoms with Crippen LogP contribution in [0.1, 0.15) is 37.3 Å². The van der Waals surface area contributed by atoms with E-state index in [9.17, 15) is 14.4 Å². The smallest absolute Gasteiger partial charge is 0.338 e. The summed E-state index contributed by atoms with van der Waals surface area (Å²) in [6.07, 6.45) is 1.67. The van der Waals surface area contributed by atoms with Gasteiger partial charge in [0.25, 0.3) is 5.56 Å². The van der Waals surface area contributed by atoms with Gasteiger partial charge in [-0.15, -0.1) is 11.3 Å². The van der Waals surface area contributed by atoms with Gasteiger partial charge in [-0.1, -0.05) is 33.3 Å². The molecule has 3 heterocycles. The van der Waals surface area contributed by atoms with Crippen LogP contribution in [0.5, 0.6) is 5.75 Å². The fourth-order valence-corrected chi connectivity index (χ4v) is 5.77. The van der Waals surface area contributed by atoms with Gasteiger partial charge in [0.15, 0.2) is 4.80 Å². The van der Waals surface area contributed by atoms with Crippen molar-refractivity contribution in [3.63, 3.8) is 0 Å². The van der Waals surface area contributed by atoms with E-state index in [0.29, 0.717) is 31.9 Å². The third-order valence-electron chi connectivity index (χ3n) is 4.84. The lowest BCUT2D eigenvalue weighted by atomic mass is 10.0. The van der Waals surface area contributed by atoms with Crippen LogP contribution in [-0.2, 0) is 14.3 Å². The number of halogens is 1. The van der Waals surface area contributed by atoms with Gasteiger partial charge in [0, 0.05) is 21.8 Å². The predicted octanol–water partition coefficient (Wildman–Crippen LogP) is 3.55. The Bertz CT molecular complexity index is 1450. The quantitative estimate of drug-likeness (QED) is 0.360. The molecule has 0 saturated carbocycles. The van der Waals surface area contributed by atoms with Crippen molar-refractivity contribution in [2.45, 2.75) is 26.8 Å². The summed E-state index contributed by atoms with van der Waals surface area (Å²) in [6, 6.07) is 8.31. The van der Waals surface area contributed by atoms with Gasteiger partial charge in [-0.05, 0) is 49.6 Å². The summed E-state index contributed by atoms with van der Waals surface area (Å²) >= 11 is 6.09. The van der Waals surface area contributed by atoms with Crippen molar-refractivity contribution in [2.75, 3.05) is 6.61 Å². The summed E-state index contributed by atoms with van der Waals surface area (Å²) < 4.78 is 13.3. The SMILES string of the molecule is CCOC(=O)C1=C(C)N=c2s/c(=C\c3cc(Br)ccc3OC(C)=O)c(=O)n2[C@@H]1c1cccs1. The number of allylic oxidation sites excluding steroid dienone is 1. The number of esters is 2. The van der Waals surface area contributed by atoms with Gasteiger partial charge in [0.05, 0.1) is 22.4 Å². The molecule has 0 fully saturated rings. The molecule has 1 atom stereocenters. The highest BCUT2D eigenvalue weighted by molar-refractivity contribution is 9.10. The van der Waals surface area contributed by atoms with Gasteiger partial charge >= 0.3 is 11.9 Å². The number of carbonyl (C=O) groups is 2. The number of benzene rings is 1. The Morgan fingerprint density at radius 3 is 2.76 bits per heavy atom.